The smallest absolute Gasteiger partial charge is 0.222 e. The number of likely N-dealkylation sites (tertiary alicyclic amines) is 1. The summed E-state index contributed by atoms with van der Waals surface area (Å²) < 4.78 is 0. The van der Waals surface area contributed by atoms with Crippen LogP contribution in [0.15, 0.2) is 0 Å². The zero-order chi connectivity index (χ0) is 13.8. The highest BCUT2D eigenvalue weighted by Crippen LogP contribution is 2.20. The van der Waals surface area contributed by atoms with Crippen LogP contribution in [0.2, 0.25) is 0 Å². The molecule has 0 aromatic carbocycles. The van der Waals surface area contributed by atoms with Crippen LogP contribution in [0.5, 0.6) is 0 Å². The van der Waals surface area contributed by atoms with Gasteiger partial charge in [0.1, 0.15) is 0 Å². The normalized spacial score (nSPS) is 23.5. The molecule has 0 radical (unpaired) electrons. The van der Waals surface area contributed by atoms with E-state index < -0.39 is 0 Å². The molecule has 1 amide bonds. The van der Waals surface area contributed by atoms with Gasteiger partial charge in [-0.3, -0.25) is 4.79 Å². The second-order valence-corrected chi connectivity index (χ2v) is 6.43. The predicted octanol–water partition coefficient (Wildman–Crippen LogP) is 2.16. The Labute approximate surface area is 141 Å². The Kier molecular flexibility index (Phi) is 9.87. The van der Waals surface area contributed by atoms with Crippen molar-refractivity contribution in [3.8, 4) is 0 Å². The van der Waals surface area contributed by atoms with E-state index in [1.807, 2.05) is 11.9 Å². The Balaban J connectivity index is 0.00000200. The van der Waals surface area contributed by atoms with Gasteiger partial charge in [0.05, 0.1) is 0 Å². The van der Waals surface area contributed by atoms with Gasteiger partial charge in [-0.05, 0) is 52.1 Å². The Bertz CT molecular complexity index is 301. The number of rotatable bonds is 4. The van der Waals surface area contributed by atoms with Gasteiger partial charge in [0.25, 0.3) is 0 Å². The van der Waals surface area contributed by atoms with E-state index in [1.54, 1.807) is 0 Å². The van der Waals surface area contributed by atoms with Gasteiger partial charge < -0.3 is 15.1 Å². The lowest BCUT2D eigenvalue weighted by Gasteiger charge is -2.38. The third-order valence-electron chi connectivity index (χ3n) is 4.80. The molecule has 1 atom stereocenters. The summed E-state index contributed by atoms with van der Waals surface area (Å²) in [4.78, 5) is 16.8. The topological polar surface area (TPSA) is 35.6 Å². The third-order valence-corrected chi connectivity index (χ3v) is 4.80. The van der Waals surface area contributed by atoms with E-state index in [0.29, 0.717) is 23.9 Å². The quantitative estimate of drug-likeness (QED) is 0.852. The van der Waals surface area contributed by atoms with E-state index in [2.05, 4.69) is 24.1 Å². The van der Waals surface area contributed by atoms with Gasteiger partial charge in [-0.2, -0.15) is 0 Å². The minimum absolute atomic E-state index is 0. The molecule has 1 unspecified atom stereocenters. The molecule has 126 valence electrons. The maximum absolute atomic E-state index is 12.3. The molecule has 0 aliphatic carbocycles. The number of hydrogen-bond acceptors (Lipinski definition) is 3. The number of hydrogen-bond donors (Lipinski definition) is 1. The molecule has 0 aromatic heterocycles. The molecular formula is C15H31Cl2N3O. The molecule has 2 heterocycles. The maximum Gasteiger partial charge on any atom is 0.222 e. The molecule has 21 heavy (non-hydrogen) atoms. The van der Waals surface area contributed by atoms with Gasteiger partial charge in [0.2, 0.25) is 5.91 Å². The second kappa shape index (κ2) is 9.88. The summed E-state index contributed by atoms with van der Waals surface area (Å²) in [7, 11) is 2.00. The first-order chi connectivity index (χ1) is 9.08. The molecule has 0 saturated carbocycles. The van der Waals surface area contributed by atoms with Gasteiger partial charge >= 0.3 is 0 Å². The highest BCUT2D eigenvalue weighted by Gasteiger charge is 2.28. The molecule has 6 heteroatoms. The summed E-state index contributed by atoms with van der Waals surface area (Å²) >= 11 is 0. The number of carbonyl (C=O) groups excluding carboxylic acids is 1. The third kappa shape index (κ3) is 5.93. The minimum atomic E-state index is 0. The van der Waals surface area contributed by atoms with Crippen molar-refractivity contribution in [3.05, 3.63) is 0 Å². The number of amides is 1. The van der Waals surface area contributed by atoms with Gasteiger partial charge in [0, 0.05) is 38.6 Å². The van der Waals surface area contributed by atoms with Crippen molar-refractivity contribution in [3.63, 3.8) is 0 Å². The number of carbonyl (C=O) groups is 1. The average Bonchev–Trinajstić information content (AvgIpc) is 2.90. The van der Waals surface area contributed by atoms with Crippen molar-refractivity contribution in [1.29, 1.82) is 0 Å². The molecule has 0 bridgehead atoms. The number of piperidine rings is 1. The van der Waals surface area contributed by atoms with Crippen LogP contribution in [-0.2, 0) is 4.79 Å². The summed E-state index contributed by atoms with van der Waals surface area (Å²) in [5.41, 5.74) is 0. The second-order valence-electron chi connectivity index (χ2n) is 6.43. The van der Waals surface area contributed by atoms with E-state index in [-0.39, 0.29) is 24.8 Å². The molecular weight excluding hydrogens is 309 g/mol. The summed E-state index contributed by atoms with van der Waals surface area (Å²) in [6, 6.07) is 1.09. The molecule has 0 aromatic rings. The van der Waals surface area contributed by atoms with Crippen LogP contribution in [0.1, 0.15) is 39.5 Å². The zero-order valence-corrected chi connectivity index (χ0v) is 15.1. The van der Waals surface area contributed by atoms with Crippen molar-refractivity contribution >= 4 is 30.7 Å². The van der Waals surface area contributed by atoms with E-state index in [4.69, 9.17) is 0 Å². The van der Waals surface area contributed by atoms with Crippen molar-refractivity contribution in [2.24, 2.45) is 5.92 Å². The van der Waals surface area contributed by atoms with Crippen LogP contribution in [0.4, 0.5) is 0 Å². The largest absolute Gasteiger partial charge is 0.343 e. The fourth-order valence-corrected chi connectivity index (χ4v) is 3.27. The zero-order valence-electron chi connectivity index (χ0n) is 13.5. The van der Waals surface area contributed by atoms with Crippen molar-refractivity contribution < 1.29 is 4.79 Å². The number of halogens is 2. The van der Waals surface area contributed by atoms with Gasteiger partial charge in [-0.1, -0.05) is 0 Å². The van der Waals surface area contributed by atoms with Gasteiger partial charge in [-0.25, -0.2) is 0 Å². The van der Waals surface area contributed by atoms with Crippen molar-refractivity contribution in [2.45, 2.75) is 51.6 Å². The molecule has 2 aliphatic heterocycles. The Morgan fingerprint density at radius 3 is 2.33 bits per heavy atom. The Hall–Kier alpha value is -0.0300. The minimum Gasteiger partial charge on any atom is -0.343 e. The van der Waals surface area contributed by atoms with E-state index >= 15 is 0 Å². The van der Waals surface area contributed by atoms with Crippen molar-refractivity contribution in [2.75, 3.05) is 33.2 Å². The van der Waals surface area contributed by atoms with Crippen LogP contribution < -0.4 is 5.32 Å². The first-order valence-electron chi connectivity index (χ1n) is 7.78. The predicted molar refractivity (Wildman–Crippen MR) is 92.6 cm³/mol. The lowest BCUT2D eigenvalue weighted by molar-refractivity contribution is -0.133. The van der Waals surface area contributed by atoms with Crippen LogP contribution >= 0.6 is 24.8 Å². The average molecular weight is 340 g/mol. The van der Waals surface area contributed by atoms with Gasteiger partial charge in [0.15, 0.2) is 0 Å². The van der Waals surface area contributed by atoms with Crippen LogP contribution in [0, 0.1) is 5.92 Å². The molecule has 4 nitrogen and oxygen atoms in total. The lowest BCUT2D eigenvalue weighted by Crippen LogP contribution is -2.47. The van der Waals surface area contributed by atoms with Crippen LogP contribution in [0.3, 0.4) is 0 Å². The molecule has 2 saturated heterocycles. The first kappa shape index (κ1) is 21.0. The van der Waals surface area contributed by atoms with Crippen LogP contribution in [0.25, 0.3) is 0 Å². The van der Waals surface area contributed by atoms with Crippen LogP contribution in [-0.4, -0.2) is 61.0 Å². The van der Waals surface area contributed by atoms with E-state index in [9.17, 15) is 4.79 Å². The standard InChI is InChI=1S/C15H29N3O.2ClH/c1-12(2)18-8-5-14(6-9-18)17(3)15(19)10-13-4-7-16-11-13;;/h12-14,16H,4-11H2,1-3H3;2*1H. The molecule has 1 N–H and O–H groups in total. The number of nitrogens with zero attached hydrogens (tertiary/aromatic N) is 2. The summed E-state index contributed by atoms with van der Waals surface area (Å²) in [5.74, 6) is 0.905. The highest BCUT2D eigenvalue weighted by molar-refractivity contribution is 5.85. The number of nitrogens with one attached hydrogen (secondary N) is 1. The maximum atomic E-state index is 12.3. The highest BCUT2D eigenvalue weighted by atomic mass is 35.5. The van der Waals surface area contributed by atoms with E-state index in [1.165, 1.54) is 0 Å². The van der Waals surface area contributed by atoms with Gasteiger partial charge in [-0.15, -0.1) is 24.8 Å². The fourth-order valence-electron chi connectivity index (χ4n) is 3.27. The van der Waals surface area contributed by atoms with Crippen molar-refractivity contribution in [1.82, 2.24) is 15.1 Å². The molecule has 2 aliphatic rings. The SMILES string of the molecule is CC(C)N1CCC(N(C)C(=O)CC2CCNC2)CC1.Cl.Cl. The first-order valence-corrected chi connectivity index (χ1v) is 7.78. The lowest BCUT2D eigenvalue weighted by atomic mass is 9.99. The molecule has 2 fully saturated rings. The Morgan fingerprint density at radius 2 is 1.86 bits per heavy atom. The Morgan fingerprint density at radius 1 is 1.24 bits per heavy atom. The monoisotopic (exact) mass is 339 g/mol. The summed E-state index contributed by atoms with van der Waals surface area (Å²) in [6.07, 6.45) is 4.14. The molecule has 0 spiro atoms. The molecule has 2 rings (SSSR count). The fraction of sp³-hybridized carbons (Fsp3) is 0.933. The van der Waals surface area contributed by atoms with E-state index in [0.717, 1.165) is 51.9 Å². The summed E-state index contributed by atoms with van der Waals surface area (Å²) in [6.45, 7) is 8.86. The summed E-state index contributed by atoms with van der Waals surface area (Å²) in [5, 5.41) is 3.34.